The summed E-state index contributed by atoms with van der Waals surface area (Å²) in [5.74, 6) is -1.66. The Morgan fingerprint density at radius 2 is 1.81 bits per heavy atom. The van der Waals surface area contributed by atoms with Crippen LogP contribution < -0.4 is 0 Å². The highest BCUT2D eigenvalue weighted by Crippen LogP contribution is 2.22. The maximum atomic E-state index is 12.5. The standard InChI is InChI=1S/C10H17F3N2O5S/c1-7-3-14(4-8(2)20-7)21(18,19)15(5-9(16)17)6-10(11,12)13/h7-8H,3-6H2,1-2H3,(H,16,17). The maximum absolute atomic E-state index is 12.5. The van der Waals surface area contributed by atoms with Crippen LogP contribution in [-0.4, -0.2) is 72.7 Å². The van der Waals surface area contributed by atoms with E-state index in [0.717, 1.165) is 4.31 Å². The van der Waals surface area contributed by atoms with E-state index in [0.29, 0.717) is 0 Å². The number of hydrogen-bond donors (Lipinski definition) is 1. The first-order valence-corrected chi connectivity index (χ1v) is 7.50. The Morgan fingerprint density at radius 3 is 2.19 bits per heavy atom. The van der Waals surface area contributed by atoms with E-state index in [2.05, 4.69) is 0 Å². The molecule has 1 fully saturated rings. The number of carbonyl (C=O) groups is 1. The molecule has 1 saturated heterocycles. The first kappa shape index (κ1) is 18.1. The van der Waals surface area contributed by atoms with Gasteiger partial charge in [0.05, 0.1) is 12.2 Å². The zero-order chi connectivity index (χ0) is 16.4. The molecule has 2 atom stereocenters. The predicted molar refractivity (Wildman–Crippen MR) is 65.8 cm³/mol. The highest BCUT2D eigenvalue weighted by Gasteiger charge is 2.42. The minimum atomic E-state index is -4.83. The molecule has 0 radical (unpaired) electrons. The van der Waals surface area contributed by atoms with Gasteiger partial charge in [-0.15, -0.1) is 0 Å². The average molecular weight is 334 g/mol. The van der Waals surface area contributed by atoms with Crippen molar-refractivity contribution in [1.29, 1.82) is 0 Å². The first-order chi connectivity index (χ1) is 9.41. The largest absolute Gasteiger partial charge is 0.480 e. The summed E-state index contributed by atoms with van der Waals surface area (Å²) in [6, 6.07) is 0. The summed E-state index contributed by atoms with van der Waals surface area (Å²) in [5, 5.41) is 8.63. The predicted octanol–water partition coefficient (Wildman–Crippen LogP) is 0.289. The lowest BCUT2D eigenvalue weighted by Crippen LogP contribution is -2.55. The Labute approximate surface area is 120 Å². The Morgan fingerprint density at radius 1 is 1.33 bits per heavy atom. The van der Waals surface area contributed by atoms with Gasteiger partial charge in [0.15, 0.2) is 0 Å². The van der Waals surface area contributed by atoms with Crippen LogP contribution in [-0.2, 0) is 19.7 Å². The summed E-state index contributed by atoms with van der Waals surface area (Å²) in [5.41, 5.74) is 0. The van der Waals surface area contributed by atoms with Gasteiger partial charge in [-0.1, -0.05) is 0 Å². The molecule has 0 bridgehead atoms. The quantitative estimate of drug-likeness (QED) is 0.781. The Hall–Kier alpha value is -0.910. The van der Waals surface area contributed by atoms with E-state index in [1.807, 2.05) is 0 Å². The van der Waals surface area contributed by atoms with Crippen LogP contribution in [0.1, 0.15) is 13.8 Å². The fourth-order valence-corrected chi connectivity index (χ4v) is 3.76. The van der Waals surface area contributed by atoms with Crippen LogP contribution in [0, 0.1) is 0 Å². The van der Waals surface area contributed by atoms with Gasteiger partial charge in [0, 0.05) is 13.1 Å². The molecule has 0 aliphatic carbocycles. The fraction of sp³-hybridized carbons (Fsp3) is 0.900. The zero-order valence-corrected chi connectivity index (χ0v) is 12.3. The van der Waals surface area contributed by atoms with E-state index in [1.165, 1.54) is 0 Å². The molecule has 1 aliphatic heterocycles. The maximum Gasteiger partial charge on any atom is 0.402 e. The molecule has 7 nitrogen and oxygen atoms in total. The number of rotatable bonds is 5. The summed E-state index contributed by atoms with van der Waals surface area (Å²) in [4.78, 5) is 10.6. The molecule has 0 aromatic carbocycles. The van der Waals surface area contributed by atoms with E-state index in [1.54, 1.807) is 13.8 Å². The van der Waals surface area contributed by atoms with Crippen molar-refractivity contribution < 1.29 is 36.2 Å². The van der Waals surface area contributed by atoms with Crippen LogP contribution in [0.3, 0.4) is 0 Å². The summed E-state index contributed by atoms with van der Waals surface area (Å²) in [6.45, 7) is -0.169. The number of ether oxygens (including phenoxy) is 1. The Kier molecular flexibility index (Phi) is 5.58. The summed E-state index contributed by atoms with van der Waals surface area (Å²) in [6.07, 6.45) is -5.80. The second kappa shape index (κ2) is 6.46. The van der Waals surface area contributed by atoms with Crippen molar-refractivity contribution in [3.63, 3.8) is 0 Å². The molecule has 0 saturated carbocycles. The number of hydrogen-bond acceptors (Lipinski definition) is 4. The second-order valence-electron chi connectivity index (χ2n) is 4.86. The molecule has 1 N–H and O–H groups in total. The lowest BCUT2D eigenvalue weighted by molar-refractivity contribution is -0.146. The molecule has 21 heavy (non-hydrogen) atoms. The van der Waals surface area contributed by atoms with Gasteiger partial charge in [-0.25, -0.2) is 0 Å². The van der Waals surface area contributed by atoms with Crippen LogP contribution in [0.2, 0.25) is 0 Å². The third-order valence-corrected chi connectivity index (χ3v) is 4.57. The summed E-state index contributed by atoms with van der Waals surface area (Å²) >= 11 is 0. The van der Waals surface area contributed by atoms with E-state index in [-0.39, 0.29) is 17.4 Å². The topological polar surface area (TPSA) is 87.2 Å². The van der Waals surface area contributed by atoms with Gasteiger partial charge < -0.3 is 9.84 Å². The smallest absolute Gasteiger partial charge is 0.402 e. The van der Waals surface area contributed by atoms with Crippen LogP contribution in [0.25, 0.3) is 0 Å². The minimum Gasteiger partial charge on any atom is -0.480 e. The van der Waals surface area contributed by atoms with Gasteiger partial charge in [0.25, 0.3) is 10.2 Å². The van der Waals surface area contributed by atoms with Crippen molar-refractivity contribution >= 4 is 16.2 Å². The van der Waals surface area contributed by atoms with Gasteiger partial charge in [-0.05, 0) is 13.8 Å². The molecule has 0 spiro atoms. The Balaban J connectivity index is 3.00. The number of nitrogens with zero attached hydrogens (tertiary/aromatic N) is 2. The zero-order valence-electron chi connectivity index (χ0n) is 11.5. The summed E-state index contributed by atoms with van der Waals surface area (Å²) < 4.78 is 67.9. The molecule has 124 valence electrons. The van der Waals surface area contributed by atoms with Crippen molar-refractivity contribution in [2.45, 2.75) is 32.2 Å². The SMILES string of the molecule is CC1CN(S(=O)(=O)N(CC(=O)O)CC(F)(F)F)CC(C)O1. The molecule has 0 amide bonds. The van der Waals surface area contributed by atoms with E-state index in [4.69, 9.17) is 9.84 Å². The van der Waals surface area contributed by atoms with Crippen molar-refractivity contribution in [1.82, 2.24) is 8.61 Å². The van der Waals surface area contributed by atoms with Gasteiger partial charge in [-0.2, -0.15) is 30.2 Å². The number of morpholine rings is 1. The van der Waals surface area contributed by atoms with Crippen LogP contribution >= 0.6 is 0 Å². The van der Waals surface area contributed by atoms with Gasteiger partial charge in [0.1, 0.15) is 13.1 Å². The van der Waals surface area contributed by atoms with Gasteiger partial charge in [-0.3, -0.25) is 4.79 Å². The number of carboxylic acids is 1. The van der Waals surface area contributed by atoms with Gasteiger partial charge >= 0.3 is 12.1 Å². The monoisotopic (exact) mass is 334 g/mol. The van der Waals surface area contributed by atoms with E-state index < -0.39 is 47.7 Å². The fourth-order valence-electron chi connectivity index (χ4n) is 2.05. The van der Waals surface area contributed by atoms with Crippen molar-refractivity contribution in [2.24, 2.45) is 0 Å². The normalized spacial score (nSPS) is 25.2. The molecule has 0 aromatic rings. The molecule has 2 unspecified atom stereocenters. The molecule has 1 heterocycles. The average Bonchev–Trinajstić information content (AvgIpc) is 2.24. The summed E-state index contributed by atoms with van der Waals surface area (Å²) in [7, 11) is -4.53. The number of halogens is 3. The van der Waals surface area contributed by atoms with Gasteiger partial charge in [0.2, 0.25) is 0 Å². The molecular formula is C10H17F3N2O5S. The number of aliphatic carboxylic acids is 1. The lowest BCUT2D eigenvalue weighted by atomic mass is 10.3. The van der Waals surface area contributed by atoms with E-state index in [9.17, 15) is 26.4 Å². The molecule has 0 aromatic heterocycles. The third kappa shape index (κ3) is 5.41. The molecule has 1 rings (SSSR count). The van der Waals surface area contributed by atoms with Crippen LogP contribution in [0.5, 0.6) is 0 Å². The lowest BCUT2D eigenvalue weighted by Gasteiger charge is -2.37. The Bertz CT molecular complexity index is 472. The van der Waals surface area contributed by atoms with E-state index >= 15 is 0 Å². The van der Waals surface area contributed by atoms with Crippen LogP contribution in [0.4, 0.5) is 13.2 Å². The second-order valence-corrected chi connectivity index (χ2v) is 6.79. The minimum absolute atomic E-state index is 0.0832. The molecular weight excluding hydrogens is 317 g/mol. The van der Waals surface area contributed by atoms with Crippen molar-refractivity contribution in [2.75, 3.05) is 26.2 Å². The van der Waals surface area contributed by atoms with Crippen LogP contribution in [0.15, 0.2) is 0 Å². The number of alkyl halides is 3. The van der Waals surface area contributed by atoms with Crippen molar-refractivity contribution in [3.8, 4) is 0 Å². The number of carboxylic acid groups (broad SMARTS) is 1. The molecule has 1 aliphatic rings. The molecule has 11 heteroatoms. The highest BCUT2D eigenvalue weighted by molar-refractivity contribution is 7.86. The van der Waals surface area contributed by atoms with Crippen molar-refractivity contribution in [3.05, 3.63) is 0 Å². The highest BCUT2D eigenvalue weighted by atomic mass is 32.2. The first-order valence-electron chi connectivity index (χ1n) is 6.11. The third-order valence-electron chi connectivity index (χ3n) is 2.71.